The van der Waals surface area contributed by atoms with Crippen LogP contribution >= 0.6 is 0 Å². The molecule has 0 bridgehead atoms. The third-order valence-electron chi connectivity index (χ3n) is 2.50. The summed E-state index contributed by atoms with van der Waals surface area (Å²) in [6.45, 7) is 1.88. The fourth-order valence-corrected chi connectivity index (χ4v) is 3.01. The minimum Gasteiger partial charge on any atom is -0.465 e. The quantitative estimate of drug-likeness (QED) is 0.730. The normalized spacial score (nSPS) is 13.0. The first kappa shape index (κ1) is 15.6. The Bertz CT molecular complexity index is 542. The lowest BCUT2D eigenvalue weighted by atomic mass is 10.1. The van der Waals surface area contributed by atoms with E-state index in [1.54, 1.807) is 25.1 Å². The van der Waals surface area contributed by atoms with Gasteiger partial charge in [0.05, 0.1) is 18.4 Å². The van der Waals surface area contributed by atoms with Gasteiger partial charge in [-0.1, -0.05) is 18.2 Å². The molecule has 0 heterocycles. The van der Waals surface area contributed by atoms with Crippen LogP contribution < -0.4 is 10.5 Å². The van der Waals surface area contributed by atoms with Crippen LogP contribution in [0.5, 0.6) is 0 Å². The molecule has 0 aliphatic heterocycles. The highest BCUT2D eigenvalue weighted by atomic mass is 32.2. The topological polar surface area (TPSA) is 98.5 Å². The fraction of sp³-hybridized carbons (Fsp3) is 0.417. The SMILES string of the molecule is COC(=O)c1ccccc1CS(=O)(=O)N[C@@H](C)CN. The molecule has 1 atom stereocenters. The van der Waals surface area contributed by atoms with Crippen LogP contribution in [0.15, 0.2) is 24.3 Å². The molecule has 0 radical (unpaired) electrons. The lowest BCUT2D eigenvalue weighted by Crippen LogP contribution is -2.38. The maximum absolute atomic E-state index is 11.9. The Labute approximate surface area is 113 Å². The van der Waals surface area contributed by atoms with E-state index in [1.807, 2.05) is 0 Å². The Morgan fingerprint density at radius 3 is 2.63 bits per heavy atom. The third-order valence-corrected chi connectivity index (χ3v) is 3.96. The zero-order valence-corrected chi connectivity index (χ0v) is 11.7. The van der Waals surface area contributed by atoms with E-state index in [4.69, 9.17) is 5.73 Å². The molecule has 0 amide bonds. The van der Waals surface area contributed by atoms with E-state index in [0.29, 0.717) is 5.56 Å². The van der Waals surface area contributed by atoms with Gasteiger partial charge >= 0.3 is 5.97 Å². The van der Waals surface area contributed by atoms with Crippen molar-refractivity contribution in [1.29, 1.82) is 0 Å². The molecule has 19 heavy (non-hydrogen) atoms. The third kappa shape index (κ3) is 4.62. The average molecular weight is 286 g/mol. The van der Waals surface area contributed by atoms with E-state index in [1.165, 1.54) is 13.2 Å². The second-order valence-corrected chi connectivity index (χ2v) is 5.92. The number of hydrogen-bond acceptors (Lipinski definition) is 5. The van der Waals surface area contributed by atoms with Gasteiger partial charge in [0.25, 0.3) is 0 Å². The van der Waals surface area contributed by atoms with Crippen LogP contribution in [0.4, 0.5) is 0 Å². The highest BCUT2D eigenvalue weighted by molar-refractivity contribution is 7.88. The van der Waals surface area contributed by atoms with E-state index < -0.39 is 16.0 Å². The van der Waals surface area contributed by atoms with Crippen molar-refractivity contribution < 1.29 is 17.9 Å². The van der Waals surface area contributed by atoms with Gasteiger partial charge in [0, 0.05) is 12.6 Å². The standard InChI is InChI=1S/C12H18N2O4S/c1-9(7-13)14-19(16,17)8-10-5-3-4-6-11(10)12(15)18-2/h3-6,9,14H,7-8,13H2,1-2H3/t9-/m0/s1. The molecule has 106 valence electrons. The van der Waals surface area contributed by atoms with Crippen molar-refractivity contribution in [3.8, 4) is 0 Å². The monoisotopic (exact) mass is 286 g/mol. The number of sulfonamides is 1. The Balaban J connectivity index is 2.96. The summed E-state index contributed by atoms with van der Waals surface area (Å²) in [5, 5.41) is 0. The van der Waals surface area contributed by atoms with Crippen molar-refractivity contribution in [2.45, 2.75) is 18.7 Å². The number of esters is 1. The molecule has 7 heteroatoms. The Kier molecular flexibility index (Phi) is 5.46. The molecule has 0 aliphatic rings. The van der Waals surface area contributed by atoms with Crippen LogP contribution in [0, 0.1) is 0 Å². The van der Waals surface area contributed by atoms with Crippen molar-refractivity contribution in [1.82, 2.24) is 4.72 Å². The van der Waals surface area contributed by atoms with Gasteiger partial charge in [-0.3, -0.25) is 0 Å². The Morgan fingerprint density at radius 1 is 1.42 bits per heavy atom. The van der Waals surface area contributed by atoms with E-state index in [9.17, 15) is 13.2 Å². The predicted octanol–water partition coefficient (Wildman–Crippen LogP) is 0.240. The first-order valence-electron chi connectivity index (χ1n) is 5.76. The number of carbonyl (C=O) groups is 1. The summed E-state index contributed by atoms with van der Waals surface area (Å²) in [5.41, 5.74) is 6.01. The second kappa shape index (κ2) is 6.65. The van der Waals surface area contributed by atoms with Gasteiger partial charge in [0.2, 0.25) is 10.0 Å². The van der Waals surface area contributed by atoms with Gasteiger partial charge in [0.15, 0.2) is 0 Å². The van der Waals surface area contributed by atoms with Gasteiger partial charge in [-0.2, -0.15) is 0 Å². The van der Waals surface area contributed by atoms with Crippen molar-refractivity contribution in [3.63, 3.8) is 0 Å². The second-order valence-electron chi connectivity index (χ2n) is 4.16. The van der Waals surface area contributed by atoms with Crippen molar-refractivity contribution in [2.24, 2.45) is 5.73 Å². The summed E-state index contributed by atoms with van der Waals surface area (Å²) >= 11 is 0. The maximum atomic E-state index is 11.9. The van der Waals surface area contributed by atoms with Gasteiger partial charge in [-0.15, -0.1) is 0 Å². The summed E-state index contributed by atoms with van der Waals surface area (Å²) in [5.74, 6) is -0.847. The minimum atomic E-state index is -3.55. The number of benzene rings is 1. The summed E-state index contributed by atoms with van der Waals surface area (Å²) in [6, 6.07) is 6.08. The molecule has 0 aromatic heterocycles. The molecule has 1 rings (SSSR count). The van der Waals surface area contributed by atoms with Crippen molar-refractivity contribution in [2.75, 3.05) is 13.7 Å². The molecule has 0 unspecified atom stereocenters. The largest absolute Gasteiger partial charge is 0.465 e. The zero-order valence-electron chi connectivity index (χ0n) is 10.9. The fourth-order valence-electron chi connectivity index (χ4n) is 1.56. The highest BCUT2D eigenvalue weighted by Gasteiger charge is 2.19. The molecule has 0 fully saturated rings. The summed E-state index contributed by atoms with van der Waals surface area (Å²) in [7, 11) is -2.30. The van der Waals surface area contributed by atoms with E-state index in [-0.39, 0.29) is 23.9 Å². The number of ether oxygens (including phenoxy) is 1. The Morgan fingerprint density at radius 2 is 2.05 bits per heavy atom. The molecule has 1 aromatic carbocycles. The molecule has 3 N–H and O–H groups in total. The van der Waals surface area contributed by atoms with Crippen LogP contribution in [0.1, 0.15) is 22.8 Å². The van der Waals surface area contributed by atoms with E-state index in [0.717, 1.165) is 0 Å². The number of methoxy groups -OCH3 is 1. The summed E-state index contributed by atoms with van der Waals surface area (Å²) in [4.78, 5) is 11.5. The lowest BCUT2D eigenvalue weighted by molar-refractivity contribution is 0.0600. The van der Waals surface area contributed by atoms with Gasteiger partial charge in [-0.05, 0) is 18.6 Å². The maximum Gasteiger partial charge on any atom is 0.338 e. The van der Waals surface area contributed by atoms with E-state index >= 15 is 0 Å². The van der Waals surface area contributed by atoms with Crippen LogP contribution in [0.3, 0.4) is 0 Å². The number of rotatable bonds is 6. The molecule has 6 nitrogen and oxygen atoms in total. The summed E-state index contributed by atoms with van der Waals surface area (Å²) < 4.78 is 30.9. The van der Waals surface area contributed by atoms with Crippen molar-refractivity contribution >= 4 is 16.0 Å². The molecular weight excluding hydrogens is 268 g/mol. The highest BCUT2D eigenvalue weighted by Crippen LogP contribution is 2.13. The Hall–Kier alpha value is -1.44. The molecule has 1 aromatic rings. The molecule has 0 spiro atoms. The lowest BCUT2D eigenvalue weighted by Gasteiger charge is -2.13. The molecular formula is C12H18N2O4S. The number of nitrogens with two attached hydrogens (primary N) is 1. The smallest absolute Gasteiger partial charge is 0.338 e. The van der Waals surface area contributed by atoms with Gasteiger partial charge in [-0.25, -0.2) is 17.9 Å². The zero-order chi connectivity index (χ0) is 14.5. The summed E-state index contributed by atoms with van der Waals surface area (Å²) in [6.07, 6.45) is 0. The number of carbonyl (C=O) groups excluding carboxylic acids is 1. The molecule has 0 aliphatic carbocycles. The average Bonchev–Trinajstić information content (AvgIpc) is 2.37. The predicted molar refractivity (Wildman–Crippen MR) is 72.1 cm³/mol. The van der Waals surface area contributed by atoms with Crippen LogP contribution in [-0.2, 0) is 20.5 Å². The number of nitrogens with one attached hydrogen (secondary N) is 1. The van der Waals surface area contributed by atoms with Crippen LogP contribution in [0.2, 0.25) is 0 Å². The van der Waals surface area contributed by atoms with Crippen LogP contribution in [-0.4, -0.2) is 34.1 Å². The van der Waals surface area contributed by atoms with E-state index in [2.05, 4.69) is 9.46 Å². The molecule has 0 saturated heterocycles. The van der Waals surface area contributed by atoms with Gasteiger partial charge < -0.3 is 10.5 Å². The first-order chi connectivity index (χ1) is 8.89. The molecule has 0 saturated carbocycles. The van der Waals surface area contributed by atoms with Crippen LogP contribution in [0.25, 0.3) is 0 Å². The minimum absolute atomic E-state index is 0.206. The van der Waals surface area contributed by atoms with Crippen molar-refractivity contribution in [3.05, 3.63) is 35.4 Å². The first-order valence-corrected chi connectivity index (χ1v) is 7.41. The number of hydrogen-bond donors (Lipinski definition) is 2. The van der Waals surface area contributed by atoms with Gasteiger partial charge in [0.1, 0.15) is 0 Å².